The van der Waals surface area contributed by atoms with Gasteiger partial charge in [0.05, 0.1) is 5.69 Å². The molecule has 0 saturated heterocycles. The number of aromatic nitrogens is 1. The van der Waals surface area contributed by atoms with E-state index >= 15 is 0 Å². The van der Waals surface area contributed by atoms with Crippen molar-refractivity contribution in [2.75, 3.05) is 0 Å². The zero-order valence-electron chi connectivity index (χ0n) is 9.04. The predicted molar refractivity (Wildman–Crippen MR) is 62.8 cm³/mol. The first-order valence-corrected chi connectivity index (χ1v) is 5.24. The summed E-state index contributed by atoms with van der Waals surface area (Å²) >= 11 is 0. The summed E-state index contributed by atoms with van der Waals surface area (Å²) < 4.78 is 0. The molecule has 1 N–H and O–H groups in total. The SMILES string of the molecule is O=CCC(C(=O)O)c1nccc2ccccc12. The number of carbonyl (C=O) groups is 2. The molecule has 1 unspecified atom stereocenters. The third-order valence-electron chi connectivity index (χ3n) is 2.66. The minimum Gasteiger partial charge on any atom is -0.481 e. The predicted octanol–water partition coefficient (Wildman–Crippen LogP) is 1.99. The summed E-state index contributed by atoms with van der Waals surface area (Å²) in [6.07, 6.45) is 2.12. The molecule has 0 fully saturated rings. The second-order valence-corrected chi connectivity index (χ2v) is 3.71. The number of aldehydes is 1. The van der Waals surface area contributed by atoms with Crippen LogP contribution in [0.2, 0.25) is 0 Å². The maximum atomic E-state index is 11.1. The van der Waals surface area contributed by atoms with Crippen LogP contribution in [0.3, 0.4) is 0 Å². The van der Waals surface area contributed by atoms with Crippen LogP contribution in [0.15, 0.2) is 36.5 Å². The van der Waals surface area contributed by atoms with Crippen molar-refractivity contribution in [3.05, 3.63) is 42.2 Å². The third kappa shape index (κ3) is 2.15. The average molecular weight is 229 g/mol. The van der Waals surface area contributed by atoms with Gasteiger partial charge in [-0.05, 0) is 11.5 Å². The smallest absolute Gasteiger partial charge is 0.313 e. The molecule has 0 aliphatic heterocycles. The van der Waals surface area contributed by atoms with Crippen molar-refractivity contribution in [3.63, 3.8) is 0 Å². The number of benzene rings is 1. The van der Waals surface area contributed by atoms with E-state index in [0.717, 1.165) is 10.8 Å². The van der Waals surface area contributed by atoms with Crippen LogP contribution in [0, 0.1) is 0 Å². The van der Waals surface area contributed by atoms with E-state index in [4.69, 9.17) is 5.11 Å². The fraction of sp³-hybridized carbons (Fsp3) is 0.154. The fourth-order valence-electron chi connectivity index (χ4n) is 1.85. The van der Waals surface area contributed by atoms with Crippen LogP contribution in [0.1, 0.15) is 18.0 Å². The zero-order chi connectivity index (χ0) is 12.3. The van der Waals surface area contributed by atoms with Crippen LogP contribution in [-0.4, -0.2) is 22.3 Å². The van der Waals surface area contributed by atoms with Crippen LogP contribution >= 0.6 is 0 Å². The number of hydrogen-bond acceptors (Lipinski definition) is 3. The van der Waals surface area contributed by atoms with Gasteiger partial charge in [0.25, 0.3) is 0 Å². The van der Waals surface area contributed by atoms with Crippen molar-refractivity contribution in [1.82, 2.24) is 4.98 Å². The molecule has 0 saturated carbocycles. The van der Waals surface area contributed by atoms with Gasteiger partial charge in [0, 0.05) is 18.0 Å². The third-order valence-corrected chi connectivity index (χ3v) is 2.66. The Kier molecular flexibility index (Phi) is 3.14. The zero-order valence-corrected chi connectivity index (χ0v) is 9.04. The van der Waals surface area contributed by atoms with E-state index in [0.29, 0.717) is 12.0 Å². The maximum absolute atomic E-state index is 11.1. The average Bonchev–Trinajstić information content (AvgIpc) is 2.35. The number of carbonyl (C=O) groups excluding carboxylic acids is 1. The lowest BCUT2D eigenvalue weighted by molar-refractivity contribution is -0.139. The van der Waals surface area contributed by atoms with E-state index in [1.165, 1.54) is 0 Å². The Bertz CT molecular complexity index is 560. The summed E-state index contributed by atoms with van der Waals surface area (Å²) in [6, 6.07) is 9.23. The first kappa shape index (κ1) is 11.3. The van der Waals surface area contributed by atoms with Gasteiger partial charge in [0.2, 0.25) is 0 Å². The second kappa shape index (κ2) is 4.74. The van der Waals surface area contributed by atoms with Crippen molar-refractivity contribution in [2.24, 2.45) is 0 Å². The topological polar surface area (TPSA) is 67.3 Å². The van der Waals surface area contributed by atoms with Gasteiger partial charge < -0.3 is 9.90 Å². The quantitative estimate of drug-likeness (QED) is 0.814. The lowest BCUT2D eigenvalue weighted by Crippen LogP contribution is -2.14. The van der Waals surface area contributed by atoms with Crippen molar-refractivity contribution in [1.29, 1.82) is 0 Å². The van der Waals surface area contributed by atoms with Crippen molar-refractivity contribution >= 4 is 23.0 Å². The van der Waals surface area contributed by atoms with Crippen LogP contribution in [0.5, 0.6) is 0 Å². The van der Waals surface area contributed by atoms with Gasteiger partial charge in [-0.1, -0.05) is 24.3 Å². The summed E-state index contributed by atoms with van der Waals surface area (Å²) in [7, 11) is 0. The molecular weight excluding hydrogens is 218 g/mol. The first-order chi connectivity index (χ1) is 8.24. The highest BCUT2D eigenvalue weighted by atomic mass is 16.4. The van der Waals surface area contributed by atoms with Gasteiger partial charge in [0.1, 0.15) is 12.2 Å². The Morgan fingerprint density at radius 1 is 1.35 bits per heavy atom. The molecule has 17 heavy (non-hydrogen) atoms. The molecule has 86 valence electrons. The Morgan fingerprint density at radius 2 is 2.12 bits per heavy atom. The molecule has 0 radical (unpaired) electrons. The number of carboxylic acid groups (broad SMARTS) is 1. The second-order valence-electron chi connectivity index (χ2n) is 3.71. The van der Waals surface area contributed by atoms with Crippen molar-refractivity contribution in [2.45, 2.75) is 12.3 Å². The number of carboxylic acids is 1. The van der Waals surface area contributed by atoms with Gasteiger partial charge in [-0.3, -0.25) is 9.78 Å². The largest absolute Gasteiger partial charge is 0.481 e. The summed E-state index contributed by atoms with van der Waals surface area (Å²) in [4.78, 5) is 25.8. The molecule has 1 heterocycles. The Hall–Kier alpha value is -2.23. The van der Waals surface area contributed by atoms with Gasteiger partial charge >= 0.3 is 5.97 Å². The molecule has 4 nitrogen and oxygen atoms in total. The number of hydrogen-bond donors (Lipinski definition) is 1. The summed E-state index contributed by atoms with van der Waals surface area (Å²) in [5, 5.41) is 10.8. The number of rotatable bonds is 4. The summed E-state index contributed by atoms with van der Waals surface area (Å²) in [5.41, 5.74) is 0.447. The highest BCUT2D eigenvalue weighted by Crippen LogP contribution is 2.25. The molecule has 0 amide bonds. The van der Waals surface area contributed by atoms with E-state index in [2.05, 4.69) is 4.98 Å². The lowest BCUT2D eigenvalue weighted by atomic mass is 9.97. The number of pyridine rings is 1. The fourth-order valence-corrected chi connectivity index (χ4v) is 1.85. The Balaban J connectivity index is 2.60. The minimum absolute atomic E-state index is 0.0592. The molecule has 0 aliphatic carbocycles. The highest BCUT2D eigenvalue weighted by molar-refractivity contribution is 5.90. The molecule has 2 aromatic rings. The monoisotopic (exact) mass is 229 g/mol. The number of nitrogens with zero attached hydrogens (tertiary/aromatic N) is 1. The molecule has 1 aromatic heterocycles. The molecule has 0 aliphatic rings. The van der Waals surface area contributed by atoms with Crippen molar-refractivity contribution in [3.8, 4) is 0 Å². The van der Waals surface area contributed by atoms with Gasteiger partial charge in [-0.25, -0.2) is 0 Å². The molecule has 2 rings (SSSR count). The summed E-state index contributed by atoms with van der Waals surface area (Å²) in [5.74, 6) is -1.90. The van der Waals surface area contributed by atoms with Crippen molar-refractivity contribution < 1.29 is 14.7 Å². The number of aliphatic carboxylic acids is 1. The van der Waals surface area contributed by atoms with Crippen LogP contribution in [0.25, 0.3) is 10.8 Å². The Morgan fingerprint density at radius 3 is 2.82 bits per heavy atom. The Labute approximate surface area is 97.9 Å². The molecule has 1 atom stereocenters. The highest BCUT2D eigenvalue weighted by Gasteiger charge is 2.22. The van der Waals surface area contributed by atoms with Crippen LogP contribution < -0.4 is 0 Å². The molecule has 4 heteroatoms. The van der Waals surface area contributed by atoms with E-state index in [1.807, 2.05) is 30.3 Å². The van der Waals surface area contributed by atoms with E-state index in [1.54, 1.807) is 6.20 Å². The van der Waals surface area contributed by atoms with E-state index in [9.17, 15) is 9.59 Å². The standard InChI is InChI=1S/C13H11NO3/c15-8-6-11(13(16)17)12-10-4-2-1-3-9(10)5-7-14-12/h1-5,7-8,11H,6H2,(H,16,17). The van der Waals surface area contributed by atoms with Gasteiger partial charge in [-0.15, -0.1) is 0 Å². The van der Waals surface area contributed by atoms with Gasteiger partial charge in [-0.2, -0.15) is 0 Å². The van der Waals surface area contributed by atoms with Gasteiger partial charge in [0.15, 0.2) is 0 Å². The van der Waals surface area contributed by atoms with Crippen LogP contribution in [-0.2, 0) is 9.59 Å². The maximum Gasteiger partial charge on any atom is 0.313 e. The normalized spacial score (nSPS) is 12.2. The number of fused-ring (bicyclic) bond motifs is 1. The lowest BCUT2D eigenvalue weighted by Gasteiger charge is -2.11. The van der Waals surface area contributed by atoms with Crippen LogP contribution in [0.4, 0.5) is 0 Å². The van der Waals surface area contributed by atoms with E-state index < -0.39 is 11.9 Å². The molecule has 0 bridgehead atoms. The molecule has 1 aromatic carbocycles. The first-order valence-electron chi connectivity index (χ1n) is 5.24. The minimum atomic E-state index is -1.03. The van der Waals surface area contributed by atoms with E-state index in [-0.39, 0.29) is 6.42 Å². The molecule has 0 spiro atoms. The molecular formula is C13H11NO3. The summed E-state index contributed by atoms with van der Waals surface area (Å²) in [6.45, 7) is 0.